The molecule has 1 aromatic heterocycles. The van der Waals surface area contributed by atoms with Crippen LogP contribution in [0.15, 0.2) is 6.33 Å². The van der Waals surface area contributed by atoms with Gasteiger partial charge in [0.15, 0.2) is 0 Å². The van der Waals surface area contributed by atoms with E-state index in [-0.39, 0.29) is 0 Å². The van der Waals surface area contributed by atoms with Gasteiger partial charge in [-0.1, -0.05) is 13.8 Å². The van der Waals surface area contributed by atoms with E-state index in [1.807, 2.05) is 4.57 Å². The second-order valence-electron chi connectivity index (χ2n) is 3.77. The molecule has 0 aromatic carbocycles. The van der Waals surface area contributed by atoms with Crippen molar-refractivity contribution in [1.82, 2.24) is 14.8 Å². The van der Waals surface area contributed by atoms with E-state index < -0.39 is 0 Å². The lowest BCUT2D eigenvalue weighted by molar-refractivity contribution is 0.420. The first-order valence-electron chi connectivity index (χ1n) is 4.59. The molecule has 0 aliphatic rings. The summed E-state index contributed by atoms with van der Waals surface area (Å²) >= 11 is 5.73. The quantitative estimate of drug-likeness (QED) is 0.702. The van der Waals surface area contributed by atoms with Crippen molar-refractivity contribution in [3.63, 3.8) is 0 Å². The summed E-state index contributed by atoms with van der Waals surface area (Å²) in [6.45, 7) is 6.59. The molecular weight excluding hydrogens is 186 g/mol. The van der Waals surface area contributed by atoms with Crippen molar-refractivity contribution in [1.29, 1.82) is 0 Å². The molecule has 0 aliphatic heterocycles. The maximum atomic E-state index is 5.73. The second-order valence-corrected chi connectivity index (χ2v) is 4.03. The van der Waals surface area contributed by atoms with E-state index in [2.05, 4.69) is 31.0 Å². The summed E-state index contributed by atoms with van der Waals surface area (Å²) in [5, 5.41) is 7.79. The fourth-order valence-electron chi connectivity index (χ4n) is 1.53. The van der Waals surface area contributed by atoms with Gasteiger partial charge in [-0.15, -0.1) is 21.8 Å². The highest BCUT2D eigenvalue weighted by atomic mass is 35.5. The molecule has 1 unspecified atom stereocenters. The molecule has 0 radical (unpaired) electrons. The van der Waals surface area contributed by atoms with Crippen molar-refractivity contribution in [2.45, 2.75) is 39.1 Å². The van der Waals surface area contributed by atoms with Crippen LogP contribution in [0.1, 0.15) is 39.1 Å². The van der Waals surface area contributed by atoms with Crippen LogP contribution in [0.3, 0.4) is 0 Å². The molecule has 4 heteroatoms. The second kappa shape index (κ2) is 4.61. The van der Waals surface area contributed by atoms with Gasteiger partial charge in [-0.3, -0.25) is 0 Å². The molecule has 0 fully saturated rings. The first kappa shape index (κ1) is 10.5. The first-order chi connectivity index (χ1) is 6.15. The highest BCUT2D eigenvalue weighted by Crippen LogP contribution is 2.18. The Kier molecular flexibility index (Phi) is 3.72. The third-order valence-corrected chi connectivity index (χ3v) is 2.29. The molecule has 0 spiro atoms. The molecule has 0 N–H and O–H groups in total. The number of halogens is 1. The SMILES string of the molecule is CC(C)CC(C)n1cnnc1CCl. The van der Waals surface area contributed by atoms with E-state index in [0.29, 0.717) is 17.8 Å². The van der Waals surface area contributed by atoms with E-state index in [0.717, 1.165) is 12.2 Å². The Balaban J connectivity index is 2.69. The monoisotopic (exact) mass is 201 g/mol. The molecule has 3 nitrogen and oxygen atoms in total. The van der Waals surface area contributed by atoms with Gasteiger partial charge in [0, 0.05) is 6.04 Å². The molecular formula is C9H16ClN3. The molecule has 74 valence electrons. The Morgan fingerprint density at radius 1 is 1.46 bits per heavy atom. The van der Waals surface area contributed by atoms with Crippen molar-refractivity contribution in [3.05, 3.63) is 12.2 Å². The molecule has 0 saturated heterocycles. The maximum absolute atomic E-state index is 5.73. The molecule has 1 rings (SSSR count). The molecule has 0 saturated carbocycles. The minimum Gasteiger partial charge on any atom is -0.314 e. The highest BCUT2D eigenvalue weighted by molar-refractivity contribution is 6.16. The summed E-state index contributed by atoms with van der Waals surface area (Å²) in [6.07, 6.45) is 2.88. The Hall–Kier alpha value is -0.570. The van der Waals surface area contributed by atoms with Crippen LogP contribution in [-0.2, 0) is 5.88 Å². The highest BCUT2D eigenvalue weighted by Gasteiger charge is 2.11. The number of nitrogens with zero attached hydrogens (tertiary/aromatic N) is 3. The van der Waals surface area contributed by atoms with Crippen molar-refractivity contribution in [3.8, 4) is 0 Å². The third kappa shape index (κ3) is 2.69. The lowest BCUT2D eigenvalue weighted by atomic mass is 10.1. The molecule has 1 atom stereocenters. The Labute approximate surface area is 84.1 Å². The maximum Gasteiger partial charge on any atom is 0.148 e. The summed E-state index contributed by atoms with van der Waals surface area (Å²) in [6, 6.07) is 0.434. The van der Waals surface area contributed by atoms with Crippen molar-refractivity contribution < 1.29 is 0 Å². The Morgan fingerprint density at radius 2 is 2.15 bits per heavy atom. The average molecular weight is 202 g/mol. The fraction of sp³-hybridized carbons (Fsp3) is 0.778. The molecule has 1 aromatic rings. The zero-order valence-electron chi connectivity index (χ0n) is 8.37. The summed E-state index contributed by atoms with van der Waals surface area (Å²) in [5.74, 6) is 1.97. The van der Waals surface area contributed by atoms with Crippen molar-refractivity contribution >= 4 is 11.6 Å². The normalized spacial score (nSPS) is 13.6. The van der Waals surface area contributed by atoms with Crippen LogP contribution in [0.2, 0.25) is 0 Å². The Bertz CT molecular complexity index is 257. The number of rotatable bonds is 4. The van der Waals surface area contributed by atoms with Gasteiger partial charge in [0.1, 0.15) is 12.2 Å². The van der Waals surface area contributed by atoms with Crippen molar-refractivity contribution in [2.24, 2.45) is 5.92 Å². The van der Waals surface area contributed by atoms with Gasteiger partial charge in [0.25, 0.3) is 0 Å². The van der Waals surface area contributed by atoms with Crippen LogP contribution >= 0.6 is 11.6 Å². The predicted molar refractivity (Wildman–Crippen MR) is 53.7 cm³/mol. The van der Waals surface area contributed by atoms with Crippen molar-refractivity contribution in [2.75, 3.05) is 0 Å². The molecule has 1 heterocycles. The average Bonchev–Trinajstić information content (AvgIpc) is 2.49. The number of hydrogen-bond acceptors (Lipinski definition) is 2. The van der Waals surface area contributed by atoms with Crippen LogP contribution in [0, 0.1) is 5.92 Å². The summed E-state index contributed by atoms with van der Waals surface area (Å²) in [5.41, 5.74) is 0. The lowest BCUT2D eigenvalue weighted by Gasteiger charge is -2.16. The van der Waals surface area contributed by atoms with Gasteiger partial charge in [-0.25, -0.2) is 0 Å². The largest absolute Gasteiger partial charge is 0.314 e. The summed E-state index contributed by atoms with van der Waals surface area (Å²) in [7, 11) is 0. The van der Waals surface area contributed by atoms with E-state index in [1.165, 1.54) is 0 Å². The van der Waals surface area contributed by atoms with Gasteiger partial charge < -0.3 is 4.57 Å². The van der Waals surface area contributed by atoms with Gasteiger partial charge >= 0.3 is 0 Å². The van der Waals surface area contributed by atoms with Gasteiger partial charge in [0.05, 0.1) is 5.88 Å². The third-order valence-electron chi connectivity index (χ3n) is 2.05. The van der Waals surface area contributed by atoms with Gasteiger partial charge in [-0.2, -0.15) is 0 Å². The number of alkyl halides is 1. The zero-order chi connectivity index (χ0) is 9.84. The van der Waals surface area contributed by atoms with E-state index in [9.17, 15) is 0 Å². The van der Waals surface area contributed by atoms with Gasteiger partial charge in [0.2, 0.25) is 0 Å². The predicted octanol–water partition coefficient (Wildman–Crippen LogP) is 2.62. The summed E-state index contributed by atoms with van der Waals surface area (Å²) < 4.78 is 2.05. The van der Waals surface area contributed by atoms with E-state index in [4.69, 9.17) is 11.6 Å². The molecule has 13 heavy (non-hydrogen) atoms. The molecule has 0 amide bonds. The number of hydrogen-bond donors (Lipinski definition) is 0. The van der Waals surface area contributed by atoms with Crippen LogP contribution in [0.25, 0.3) is 0 Å². The van der Waals surface area contributed by atoms with Crippen LogP contribution in [0.4, 0.5) is 0 Å². The fourth-order valence-corrected chi connectivity index (χ4v) is 1.72. The molecule has 0 aliphatic carbocycles. The molecule has 0 bridgehead atoms. The van der Waals surface area contributed by atoms with Crippen LogP contribution in [0.5, 0.6) is 0 Å². The zero-order valence-corrected chi connectivity index (χ0v) is 9.12. The summed E-state index contributed by atoms with van der Waals surface area (Å²) in [4.78, 5) is 0. The van der Waals surface area contributed by atoms with E-state index in [1.54, 1.807) is 6.33 Å². The van der Waals surface area contributed by atoms with E-state index >= 15 is 0 Å². The first-order valence-corrected chi connectivity index (χ1v) is 5.13. The topological polar surface area (TPSA) is 30.7 Å². The van der Waals surface area contributed by atoms with Gasteiger partial charge in [-0.05, 0) is 19.3 Å². The Morgan fingerprint density at radius 3 is 2.69 bits per heavy atom. The smallest absolute Gasteiger partial charge is 0.148 e. The van der Waals surface area contributed by atoms with Crippen LogP contribution in [-0.4, -0.2) is 14.8 Å². The standard InChI is InChI=1S/C9H16ClN3/c1-7(2)4-8(3)13-6-11-12-9(13)5-10/h6-8H,4-5H2,1-3H3. The number of aromatic nitrogens is 3. The minimum atomic E-state index is 0.433. The minimum absolute atomic E-state index is 0.433. The lowest BCUT2D eigenvalue weighted by Crippen LogP contribution is -2.09. The van der Waals surface area contributed by atoms with Crippen LogP contribution < -0.4 is 0 Å².